The lowest BCUT2D eigenvalue weighted by Gasteiger charge is -2.31. The first-order chi connectivity index (χ1) is 9.65. The van der Waals surface area contributed by atoms with E-state index >= 15 is 0 Å². The molecule has 2 heterocycles. The van der Waals surface area contributed by atoms with E-state index in [0.29, 0.717) is 0 Å². The van der Waals surface area contributed by atoms with Crippen molar-refractivity contribution in [1.29, 1.82) is 0 Å². The highest BCUT2D eigenvalue weighted by Gasteiger charge is 2.27. The Hall–Kier alpha value is -1.96. The Kier molecular flexibility index (Phi) is 4.67. The highest BCUT2D eigenvalue weighted by Crippen LogP contribution is 2.31. The molecule has 1 N–H and O–H groups in total. The summed E-state index contributed by atoms with van der Waals surface area (Å²) in [7, 11) is 1.36. The maximum Gasteiger partial charge on any atom is 0.372 e. The van der Waals surface area contributed by atoms with Gasteiger partial charge in [-0.3, -0.25) is 10.1 Å². The fraction of sp³-hybridized carbons (Fsp3) is 0.667. The van der Waals surface area contributed by atoms with Gasteiger partial charge in [-0.15, -0.1) is 0 Å². The molecule has 1 aliphatic heterocycles. The SMILES string of the molecule is CCN1CCC(Nc2ncnc(OC)c2[N+](=O)[O-])CC1. The number of aromatic nitrogens is 2. The van der Waals surface area contributed by atoms with Crippen molar-refractivity contribution in [2.75, 3.05) is 32.1 Å². The third kappa shape index (κ3) is 3.13. The predicted molar refractivity (Wildman–Crippen MR) is 74.0 cm³/mol. The van der Waals surface area contributed by atoms with E-state index < -0.39 is 4.92 Å². The first-order valence-corrected chi connectivity index (χ1v) is 6.68. The maximum absolute atomic E-state index is 11.1. The summed E-state index contributed by atoms with van der Waals surface area (Å²) in [5.74, 6) is 0.218. The Balaban J connectivity index is 2.12. The summed E-state index contributed by atoms with van der Waals surface area (Å²) < 4.78 is 4.93. The van der Waals surface area contributed by atoms with Crippen molar-refractivity contribution in [2.45, 2.75) is 25.8 Å². The lowest BCUT2D eigenvalue weighted by Crippen LogP contribution is -2.39. The number of rotatable bonds is 5. The molecule has 2 rings (SSSR count). The molecule has 1 fully saturated rings. The first-order valence-electron chi connectivity index (χ1n) is 6.68. The van der Waals surface area contributed by atoms with Gasteiger partial charge in [-0.2, -0.15) is 4.98 Å². The van der Waals surface area contributed by atoms with Crippen molar-refractivity contribution in [1.82, 2.24) is 14.9 Å². The maximum atomic E-state index is 11.1. The molecular weight excluding hydrogens is 262 g/mol. The van der Waals surface area contributed by atoms with Gasteiger partial charge in [0.2, 0.25) is 5.82 Å². The fourth-order valence-corrected chi connectivity index (χ4v) is 2.37. The van der Waals surface area contributed by atoms with Gasteiger partial charge in [-0.05, 0) is 19.4 Å². The van der Waals surface area contributed by atoms with Crippen LogP contribution in [-0.4, -0.2) is 52.6 Å². The summed E-state index contributed by atoms with van der Waals surface area (Å²) in [4.78, 5) is 20.7. The van der Waals surface area contributed by atoms with Crippen LogP contribution in [0, 0.1) is 10.1 Å². The number of nitrogens with one attached hydrogen (secondary N) is 1. The van der Waals surface area contributed by atoms with Crippen molar-refractivity contribution >= 4 is 11.5 Å². The standard InChI is InChI=1S/C12H19N5O3/c1-3-16-6-4-9(5-7-16)15-11-10(17(18)19)12(20-2)14-8-13-11/h8-9H,3-7H2,1-2H3,(H,13,14,15). The van der Waals surface area contributed by atoms with Crippen molar-refractivity contribution in [2.24, 2.45) is 0 Å². The Morgan fingerprint density at radius 2 is 2.20 bits per heavy atom. The van der Waals surface area contributed by atoms with Crippen molar-refractivity contribution in [3.8, 4) is 5.88 Å². The molecule has 1 aliphatic rings. The molecule has 0 amide bonds. The highest BCUT2D eigenvalue weighted by atomic mass is 16.6. The number of piperidine rings is 1. The molecule has 0 unspecified atom stereocenters. The molecule has 1 saturated heterocycles. The van der Waals surface area contributed by atoms with E-state index in [1.165, 1.54) is 13.4 Å². The van der Waals surface area contributed by atoms with E-state index in [2.05, 4.69) is 27.1 Å². The van der Waals surface area contributed by atoms with Crippen molar-refractivity contribution in [3.63, 3.8) is 0 Å². The Morgan fingerprint density at radius 3 is 2.75 bits per heavy atom. The lowest BCUT2D eigenvalue weighted by atomic mass is 10.1. The van der Waals surface area contributed by atoms with Crippen LogP contribution in [0.3, 0.4) is 0 Å². The zero-order chi connectivity index (χ0) is 14.5. The molecule has 1 aromatic rings. The van der Waals surface area contributed by atoms with Crippen LogP contribution >= 0.6 is 0 Å². The Bertz CT molecular complexity index is 474. The second-order valence-corrected chi connectivity index (χ2v) is 4.69. The monoisotopic (exact) mass is 281 g/mol. The number of hydrogen-bond donors (Lipinski definition) is 1. The highest BCUT2D eigenvalue weighted by molar-refractivity contribution is 5.61. The number of hydrogen-bond acceptors (Lipinski definition) is 7. The molecule has 110 valence electrons. The van der Waals surface area contributed by atoms with Gasteiger partial charge in [-0.1, -0.05) is 6.92 Å². The summed E-state index contributed by atoms with van der Waals surface area (Å²) >= 11 is 0. The minimum absolute atomic E-state index is 0.0153. The summed E-state index contributed by atoms with van der Waals surface area (Å²) in [6.07, 6.45) is 3.16. The van der Waals surface area contributed by atoms with Gasteiger partial charge in [0.1, 0.15) is 6.33 Å². The zero-order valence-electron chi connectivity index (χ0n) is 11.7. The second kappa shape index (κ2) is 6.47. The van der Waals surface area contributed by atoms with E-state index in [-0.39, 0.29) is 23.4 Å². The van der Waals surface area contributed by atoms with Gasteiger partial charge >= 0.3 is 5.69 Å². The van der Waals surface area contributed by atoms with Crippen LogP contribution < -0.4 is 10.1 Å². The van der Waals surface area contributed by atoms with Crippen molar-refractivity contribution in [3.05, 3.63) is 16.4 Å². The van der Waals surface area contributed by atoms with E-state index in [4.69, 9.17) is 4.74 Å². The molecule has 0 atom stereocenters. The molecule has 20 heavy (non-hydrogen) atoms. The van der Waals surface area contributed by atoms with Gasteiger partial charge in [-0.25, -0.2) is 4.98 Å². The van der Waals surface area contributed by atoms with Crippen LogP contribution in [-0.2, 0) is 0 Å². The molecule has 8 heteroatoms. The molecular formula is C12H19N5O3. The smallest absolute Gasteiger partial charge is 0.372 e. The minimum atomic E-state index is -0.512. The Labute approximate surface area is 117 Å². The number of nitro groups is 1. The zero-order valence-corrected chi connectivity index (χ0v) is 11.7. The molecule has 8 nitrogen and oxygen atoms in total. The average Bonchev–Trinajstić information content (AvgIpc) is 2.47. The summed E-state index contributed by atoms with van der Waals surface area (Å²) in [5, 5.41) is 14.3. The number of likely N-dealkylation sites (tertiary alicyclic amines) is 1. The number of nitrogens with zero attached hydrogens (tertiary/aromatic N) is 4. The molecule has 0 bridgehead atoms. The summed E-state index contributed by atoms with van der Waals surface area (Å²) in [6.45, 7) is 5.15. The normalized spacial score (nSPS) is 16.9. The molecule has 0 spiro atoms. The number of methoxy groups -OCH3 is 1. The number of anilines is 1. The van der Waals surface area contributed by atoms with Crippen LogP contribution in [0.1, 0.15) is 19.8 Å². The van der Waals surface area contributed by atoms with E-state index in [9.17, 15) is 10.1 Å². The van der Waals surface area contributed by atoms with E-state index in [1.54, 1.807) is 0 Å². The number of ether oxygens (including phenoxy) is 1. The van der Waals surface area contributed by atoms with Gasteiger partial charge < -0.3 is 15.0 Å². The van der Waals surface area contributed by atoms with Crippen molar-refractivity contribution < 1.29 is 9.66 Å². The molecule has 0 aromatic carbocycles. The molecule has 1 aromatic heterocycles. The van der Waals surface area contributed by atoms with Crippen LogP contribution in [0.15, 0.2) is 6.33 Å². The van der Waals surface area contributed by atoms with Gasteiger partial charge in [0.25, 0.3) is 5.88 Å². The molecule has 0 saturated carbocycles. The largest absolute Gasteiger partial charge is 0.476 e. The summed E-state index contributed by atoms with van der Waals surface area (Å²) in [5.41, 5.74) is -0.201. The second-order valence-electron chi connectivity index (χ2n) is 4.69. The minimum Gasteiger partial charge on any atom is -0.476 e. The fourth-order valence-electron chi connectivity index (χ4n) is 2.37. The quantitative estimate of drug-likeness (QED) is 0.642. The van der Waals surface area contributed by atoms with Crippen LogP contribution in [0.4, 0.5) is 11.5 Å². The van der Waals surface area contributed by atoms with Crippen LogP contribution in [0.5, 0.6) is 5.88 Å². The van der Waals surface area contributed by atoms with Crippen LogP contribution in [0.25, 0.3) is 0 Å². The van der Waals surface area contributed by atoms with Gasteiger partial charge in [0, 0.05) is 19.1 Å². The average molecular weight is 281 g/mol. The topological polar surface area (TPSA) is 93.4 Å². The summed E-state index contributed by atoms with van der Waals surface area (Å²) in [6, 6.07) is 0.191. The predicted octanol–water partition coefficient (Wildman–Crippen LogP) is 1.29. The molecule has 0 aliphatic carbocycles. The first kappa shape index (κ1) is 14.4. The molecule has 0 radical (unpaired) electrons. The lowest BCUT2D eigenvalue weighted by molar-refractivity contribution is -0.385. The van der Waals surface area contributed by atoms with E-state index in [1.807, 2.05) is 0 Å². The van der Waals surface area contributed by atoms with E-state index in [0.717, 1.165) is 32.5 Å². The third-order valence-corrected chi connectivity index (χ3v) is 3.54. The van der Waals surface area contributed by atoms with Gasteiger partial charge in [0.15, 0.2) is 0 Å². The van der Waals surface area contributed by atoms with Gasteiger partial charge in [0.05, 0.1) is 12.0 Å². The third-order valence-electron chi connectivity index (χ3n) is 3.54. The Morgan fingerprint density at radius 1 is 1.50 bits per heavy atom. The van der Waals surface area contributed by atoms with Crippen LogP contribution in [0.2, 0.25) is 0 Å².